The van der Waals surface area contributed by atoms with Crippen LogP contribution in [-0.2, 0) is 6.61 Å². The molecule has 0 N–H and O–H groups in total. The zero-order valence-electron chi connectivity index (χ0n) is 14.3. The Balaban J connectivity index is 1.96. The first-order chi connectivity index (χ1) is 11.6. The molecule has 0 saturated carbocycles. The predicted octanol–water partition coefficient (Wildman–Crippen LogP) is 3.85. The van der Waals surface area contributed by atoms with Crippen LogP contribution in [0.1, 0.15) is 11.1 Å². The first kappa shape index (κ1) is 17.7. The van der Waals surface area contributed by atoms with Gasteiger partial charge in [0.2, 0.25) is 0 Å². The number of ether oxygens (including phenoxy) is 2. The zero-order chi connectivity index (χ0) is 17.4. The summed E-state index contributed by atoms with van der Waals surface area (Å²) in [5.74, 6) is 4.27. The summed E-state index contributed by atoms with van der Waals surface area (Å²) in [7, 11) is 3.64. The largest absolute Gasteiger partial charge is 0.497 e. The summed E-state index contributed by atoms with van der Waals surface area (Å²) in [4.78, 5) is 2.06. The maximum Gasteiger partial charge on any atom is 0.120 e. The van der Waals surface area contributed by atoms with E-state index in [0.717, 1.165) is 34.7 Å². The lowest BCUT2D eigenvalue weighted by Crippen LogP contribution is -2.20. The van der Waals surface area contributed by atoms with Gasteiger partial charge in [-0.2, -0.15) is 0 Å². The fraction of sp³-hybridized carbons (Fsp3) is 0.238. The van der Waals surface area contributed by atoms with Crippen LogP contribution >= 0.6 is 0 Å². The van der Waals surface area contributed by atoms with Crippen molar-refractivity contribution in [3.8, 4) is 23.8 Å². The van der Waals surface area contributed by atoms with E-state index in [9.17, 15) is 0 Å². The number of nitrogens with zero attached hydrogens (tertiary/aromatic N) is 1. The molecule has 0 aromatic heterocycles. The summed E-state index contributed by atoms with van der Waals surface area (Å²) in [5, 5.41) is 0. The molecule has 3 heteroatoms. The van der Waals surface area contributed by atoms with E-state index < -0.39 is 0 Å². The standard InChI is InChI=1S/C21H23NO2/c1-5-13-22(3)15-17(2)19-8-6-7-18(14-19)16-24-21-11-9-20(23-4)10-12-21/h1,6-12,14H,2,13,15-16H2,3-4H3. The van der Waals surface area contributed by atoms with Crippen LogP contribution in [0.25, 0.3) is 5.57 Å². The van der Waals surface area contributed by atoms with Crippen molar-refractivity contribution in [2.45, 2.75) is 6.61 Å². The molecular weight excluding hydrogens is 298 g/mol. The van der Waals surface area contributed by atoms with Crippen LogP contribution < -0.4 is 9.47 Å². The molecule has 0 unspecified atom stereocenters. The monoisotopic (exact) mass is 321 g/mol. The van der Waals surface area contributed by atoms with Crippen molar-refractivity contribution in [2.75, 3.05) is 27.2 Å². The molecule has 0 amide bonds. The number of rotatable bonds is 8. The molecule has 0 spiro atoms. The van der Waals surface area contributed by atoms with Crippen molar-refractivity contribution in [3.05, 3.63) is 66.2 Å². The van der Waals surface area contributed by atoms with Gasteiger partial charge < -0.3 is 9.47 Å². The zero-order valence-corrected chi connectivity index (χ0v) is 14.3. The summed E-state index contributed by atoms with van der Waals surface area (Å²) in [6, 6.07) is 15.8. The summed E-state index contributed by atoms with van der Waals surface area (Å²) in [6.07, 6.45) is 5.34. The molecule has 0 bridgehead atoms. The molecule has 24 heavy (non-hydrogen) atoms. The molecule has 0 aliphatic carbocycles. The summed E-state index contributed by atoms with van der Waals surface area (Å²) in [6.45, 7) is 6.02. The van der Waals surface area contributed by atoms with Crippen molar-refractivity contribution >= 4 is 5.57 Å². The van der Waals surface area contributed by atoms with Gasteiger partial charge in [-0.25, -0.2) is 0 Å². The molecule has 2 rings (SSSR count). The fourth-order valence-corrected chi connectivity index (χ4v) is 2.35. The highest BCUT2D eigenvalue weighted by molar-refractivity contribution is 5.65. The quantitative estimate of drug-likeness (QED) is 0.689. The number of terminal acetylenes is 1. The molecular formula is C21H23NO2. The fourth-order valence-electron chi connectivity index (χ4n) is 2.35. The van der Waals surface area contributed by atoms with Crippen molar-refractivity contribution in [3.63, 3.8) is 0 Å². The second-order valence-corrected chi connectivity index (χ2v) is 5.64. The smallest absolute Gasteiger partial charge is 0.120 e. The van der Waals surface area contributed by atoms with Crippen LogP contribution in [0.4, 0.5) is 0 Å². The van der Waals surface area contributed by atoms with E-state index in [1.165, 1.54) is 0 Å². The minimum absolute atomic E-state index is 0.508. The normalized spacial score (nSPS) is 10.2. The first-order valence-corrected chi connectivity index (χ1v) is 7.78. The lowest BCUT2D eigenvalue weighted by atomic mass is 10.0. The van der Waals surface area contributed by atoms with Crippen molar-refractivity contribution < 1.29 is 9.47 Å². The molecule has 0 radical (unpaired) electrons. The topological polar surface area (TPSA) is 21.7 Å². The van der Waals surface area contributed by atoms with Crippen LogP contribution in [-0.4, -0.2) is 32.1 Å². The van der Waals surface area contributed by atoms with E-state index in [1.807, 2.05) is 43.4 Å². The van der Waals surface area contributed by atoms with E-state index in [2.05, 4.69) is 29.5 Å². The van der Waals surface area contributed by atoms with Gasteiger partial charge in [-0.05, 0) is 54.1 Å². The van der Waals surface area contributed by atoms with Gasteiger partial charge in [0.05, 0.1) is 13.7 Å². The van der Waals surface area contributed by atoms with Crippen LogP contribution in [0.5, 0.6) is 11.5 Å². The average Bonchev–Trinajstić information content (AvgIpc) is 2.61. The molecule has 2 aromatic carbocycles. The lowest BCUT2D eigenvalue weighted by Gasteiger charge is -2.16. The Morgan fingerprint density at radius 3 is 2.54 bits per heavy atom. The van der Waals surface area contributed by atoms with Gasteiger partial charge in [0.1, 0.15) is 18.1 Å². The van der Waals surface area contributed by atoms with Gasteiger partial charge in [-0.1, -0.05) is 30.7 Å². The van der Waals surface area contributed by atoms with Gasteiger partial charge in [0.15, 0.2) is 0 Å². The van der Waals surface area contributed by atoms with Crippen LogP contribution in [0.3, 0.4) is 0 Å². The second kappa shape index (κ2) is 8.81. The third-order valence-corrected chi connectivity index (χ3v) is 3.62. The maximum absolute atomic E-state index is 5.82. The Bertz CT molecular complexity index is 713. The van der Waals surface area contributed by atoms with Crippen molar-refractivity contribution in [1.29, 1.82) is 0 Å². The van der Waals surface area contributed by atoms with Crippen molar-refractivity contribution in [1.82, 2.24) is 4.90 Å². The number of hydrogen-bond donors (Lipinski definition) is 0. The highest BCUT2D eigenvalue weighted by Crippen LogP contribution is 2.20. The maximum atomic E-state index is 5.82. The van der Waals surface area contributed by atoms with E-state index in [1.54, 1.807) is 7.11 Å². The Morgan fingerprint density at radius 1 is 1.17 bits per heavy atom. The van der Waals surface area contributed by atoms with Gasteiger partial charge in [-0.3, -0.25) is 4.90 Å². The number of hydrogen-bond acceptors (Lipinski definition) is 3. The Hall–Kier alpha value is -2.70. The van der Waals surface area contributed by atoms with Crippen molar-refractivity contribution in [2.24, 2.45) is 0 Å². The van der Waals surface area contributed by atoms with Gasteiger partial charge in [-0.15, -0.1) is 6.42 Å². The molecule has 124 valence electrons. The third-order valence-electron chi connectivity index (χ3n) is 3.62. The molecule has 3 nitrogen and oxygen atoms in total. The van der Waals surface area contributed by atoms with Crippen LogP contribution in [0.2, 0.25) is 0 Å². The molecule has 0 atom stereocenters. The Labute approximate surface area is 144 Å². The average molecular weight is 321 g/mol. The summed E-state index contributed by atoms with van der Waals surface area (Å²) in [5.41, 5.74) is 3.25. The first-order valence-electron chi connectivity index (χ1n) is 7.78. The molecule has 0 fully saturated rings. The van der Waals surface area contributed by atoms with Gasteiger partial charge in [0, 0.05) is 6.54 Å². The van der Waals surface area contributed by atoms with Gasteiger partial charge in [0.25, 0.3) is 0 Å². The van der Waals surface area contributed by atoms with E-state index in [0.29, 0.717) is 13.2 Å². The van der Waals surface area contributed by atoms with Crippen LogP contribution in [0, 0.1) is 12.3 Å². The summed E-state index contributed by atoms with van der Waals surface area (Å²) < 4.78 is 11.0. The van der Waals surface area contributed by atoms with Gasteiger partial charge >= 0.3 is 0 Å². The van der Waals surface area contributed by atoms with E-state index in [-0.39, 0.29) is 0 Å². The minimum atomic E-state index is 0.508. The highest BCUT2D eigenvalue weighted by atomic mass is 16.5. The molecule has 0 aliphatic heterocycles. The predicted molar refractivity (Wildman–Crippen MR) is 99.1 cm³/mol. The summed E-state index contributed by atoms with van der Waals surface area (Å²) >= 11 is 0. The lowest BCUT2D eigenvalue weighted by molar-refractivity contribution is 0.305. The van der Waals surface area contributed by atoms with E-state index >= 15 is 0 Å². The SMILES string of the molecule is C#CCN(C)CC(=C)c1cccc(COc2ccc(OC)cc2)c1. The van der Waals surface area contributed by atoms with E-state index in [4.69, 9.17) is 15.9 Å². The van der Waals surface area contributed by atoms with Crippen LogP contribution in [0.15, 0.2) is 55.1 Å². The molecule has 0 heterocycles. The second-order valence-electron chi connectivity index (χ2n) is 5.64. The highest BCUT2D eigenvalue weighted by Gasteiger charge is 2.04. The third kappa shape index (κ3) is 5.19. The number of likely N-dealkylation sites (N-methyl/N-ethyl adjacent to an activating group) is 1. The Kier molecular flexibility index (Phi) is 6.48. The molecule has 0 aliphatic rings. The Morgan fingerprint density at radius 2 is 1.88 bits per heavy atom. The number of methoxy groups -OCH3 is 1. The minimum Gasteiger partial charge on any atom is -0.497 e. The molecule has 2 aromatic rings. The number of benzene rings is 2. The molecule has 0 saturated heterocycles.